The Labute approximate surface area is 147 Å². The molecule has 0 saturated carbocycles. The number of esters is 1. The third-order valence-electron chi connectivity index (χ3n) is 3.64. The summed E-state index contributed by atoms with van der Waals surface area (Å²) in [5, 5.41) is 0.162. The molecule has 2 heterocycles. The minimum atomic E-state index is -0.654. The van der Waals surface area contributed by atoms with Crippen molar-refractivity contribution in [2.75, 3.05) is 0 Å². The van der Waals surface area contributed by atoms with Crippen molar-refractivity contribution in [2.24, 2.45) is 0 Å². The molecule has 0 saturated heterocycles. The lowest BCUT2D eigenvalue weighted by Gasteiger charge is -2.08. The number of hydrogen-bond acceptors (Lipinski definition) is 4. The summed E-state index contributed by atoms with van der Waals surface area (Å²) in [6, 6.07) is 9.04. The molecule has 0 bridgehead atoms. The van der Waals surface area contributed by atoms with Crippen LogP contribution in [-0.4, -0.2) is 15.4 Å². The normalized spacial score (nSPS) is 10.8. The molecule has 3 rings (SSSR count). The van der Waals surface area contributed by atoms with Gasteiger partial charge in [-0.2, -0.15) is 0 Å². The smallest absolute Gasteiger partial charge is 0.310 e. The summed E-state index contributed by atoms with van der Waals surface area (Å²) in [5.74, 6) is -1.22. The topological polar surface area (TPSA) is 60.7 Å². The Morgan fingerprint density at radius 1 is 1.32 bits per heavy atom. The Kier molecular flexibility index (Phi) is 4.81. The molecule has 2 aromatic heterocycles. The Hall–Kier alpha value is -2.73. The van der Waals surface area contributed by atoms with Gasteiger partial charge >= 0.3 is 5.97 Å². The van der Waals surface area contributed by atoms with Gasteiger partial charge in [0.2, 0.25) is 0 Å². The Morgan fingerprint density at radius 2 is 2.12 bits per heavy atom. The Morgan fingerprint density at radius 3 is 2.88 bits per heavy atom. The van der Waals surface area contributed by atoms with Crippen LogP contribution >= 0.6 is 11.6 Å². The van der Waals surface area contributed by atoms with E-state index in [-0.39, 0.29) is 29.2 Å². The third kappa shape index (κ3) is 3.85. The lowest BCUT2D eigenvalue weighted by Crippen LogP contribution is -2.17. The van der Waals surface area contributed by atoms with Crippen molar-refractivity contribution in [3.8, 4) is 0 Å². The van der Waals surface area contributed by atoms with Gasteiger partial charge in [-0.05, 0) is 36.8 Å². The van der Waals surface area contributed by atoms with Gasteiger partial charge in [0.05, 0.1) is 12.1 Å². The van der Waals surface area contributed by atoms with E-state index >= 15 is 0 Å². The van der Waals surface area contributed by atoms with Crippen molar-refractivity contribution in [3.05, 3.63) is 80.6 Å². The quantitative estimate of drug-likeness (QED) is 0.671. The van der Waals surface area contributed by atoms with E-state index in [1.54, 1.807) is 18.3 Å². The molecule has 25 heavy (non-hydrogen) atoms. The number of halogens is 2. The maximum absolute atomic E-state index is 13.7. The predicted molar refractivity (Wildman–Crippen MR) is 91.1 cm³/mol. The van der Waals surface area contributed by atoms with E-state index < -0.39 is 11.8 Å². The zero-order valence-electron chi connectivity index (χ0n) is 13.3. The average Bonchev–Trinajstić information content (AvgIpc) is 2.56. The molecule has 0 radical (unpaired) electrons. The summed E-state index contributed by atoms with van der Waals surface area (Å²) < 4.78 is 20.2. The van der Waals surface area contributed by atoms with Gasteiger partial charge in [0.15, 0.2) is 0 Å². The number of hydrogen-bond donors (Lipinski definition) is 0. The standard InChI is InChI=1S/C18H14ClFN2O3/c1-11-5-6-22-16(7-11)21-12(8-17(22)23)10-25-18(24)9-13-14(19)3-2-4-15(13)20/h2-8H,9-10H2,1H3. The highest BCUT2D eigenvalue weighted by Crippen LogP contribution is 2.19. The van der Waals surface area contributed by atoms with Crippen molar-refractivity contribution in [3.63, 3.8) is 0 Å². The molecule has 0 fully saturated rings. The van der Waals surface area contributed by atoms with Crippen molar-refractivity contribution < 1.29 is 13.9 Å². The number of aryl methyl sites for hydroxylation is 1. The highest BCUT2D eigenvalue weighted by atomic mass is 35.5. The van der Waals surface area contributed by atoms with E-state index in [1.165, 1.54) is 28.7 Å². The number of carbonyl (C=O) groups is 1. The van der Waals surface area contributed by atoms with Gasteiger partial charge in [0.1, 0.15) is 18.1 Å². The molecule has 0 aliphatic rings. The van der Waals surface area contributed by atoms with Gasteiger partial charge in [0, 0.05) is 22.8 Å². The molecular formula is C18H14ClFN2O3. The first-order chi connectivity index (χ1) is 11.9. The Bertz CT molecular complexity index is 997. The van der Waals surface area contributed by atoms with Crippen LogP contribution in [0, 0.1) is 12.7 Å². The van der Waals surface area contributed by atoms with Crippen molar-refractivity contribution in [2.45, 2.75) is 20.0 Å². The van der Waals surface area contributed by atoms with Crippen LogP contribution in [0.25, 0.3) is 5.65 Å². The van der Waals surface area contributed by atoms with Gasteiger partial charge < -0.3 is 4.74 Å². The van der Waals surface area contributed by atoms with Crippen molar-refractivity contribution in [1.82, 2.24) is 9.38 Å². The molecule has 0 unspecified atom stereocenters. The highest BCUT2D eigenvalue weighted by molar-refractivity contribution is 6.31. The molecule has 0 amide bonds. The van der Waals surface area contributed by atoms with Gasteiger partial charge in [-0.15, -0.1) is 0 Å². The number of ether oxygens (including phenoxy) is 1. The fraction of sp³-hybridized carbons (Fsp3) is 0.167. The molecule has 0 N–H and O–H groups in total. The van der Waals surface area contributed by atoms with Crippen LogP contribution in [0.2, 0.25) is 5.02 Å². The van der Waals surface area contributed by atoms with Crippen LogP contribution in [-0.2, 0) is 22.6 Å². The number of nitrogens with zero attached hydrogens (tertiary/aromatic N) is 2. The fourth-order valence-electron chi connectivity index (χ4n) is 2.38. The minimum Gasteiger partial charge on any atom is -0.459 e. The zero-order valence-corrected chi connectivity index (χ0v) is 14.1. The molecule has 0 aliphatic carbocycles. The minimum absolute atomic E-state index is 0.0799. The summed E-state index contributed by atoms with van der Waals surface area (Å²) in [7, 11) is 0. The van der Waals surface area contributed by atoms with E-state index in [4.69, 9.17) is 16.3 Å². The van der Waals surface area contributed by atoms with Crippen LogP contribution in [0.4, 0.5) is 4.39 Å². The number of aromatic nitrogens is 2. The summed E-state index contributed by atoms with van der Waals surface area (Å²) in [4.78, 5) is 28.3. The second kappa shape index (κ2) is 7.03. The Balaban J connectivity index is 1.74. The first-order valence-corrected chi connectivity index (χ1v) is 7.89. The lowest BCUT2D eigenvalue weighted by molar-refractivity contribution is -0.144. The van der Waals surface area contributed by atoms with E-state index in [2.05, 4.69) is 4.98 Å². The summed E-state index contributed by atoms with van der Waals surface area (Å²) in [6.45, 7) is 1.71. The number of benzene rings is 1. The zero-order chi connectivity index (χ0) is 18.0. The van der Waals surface area contributed by atoms with Gasteiger partial charge in [0.25, 0.3) is 5.56 Å². The molecule has 0 atom stereocenters. The second-order valence-corrected chi connectivity index (χ2v) is 5.96. The van der Waals surface area contributed by atoms with Crippen molar-refractivity contribution in [1.29, 1.82) is 0 Å². The van der Waals surface area contributed by atoms with Crippen LogP contribution in [0.15, 0.2) is 47.4 Å². The van der Waals surface area contributed by atoms with Crippen LogP contribution in [0.5, 0.6) is 0 Å². The van der Waals surface area contributed by atoms with Gasteiger partial charge in [-0.25, -0.2) is 9.37 Å². The lowest BCUT2D eigenvalue weighted by atomic mass is 10.1. The first-order valence-electron chi connectivity index (χ1n) is 7.51. The molecule has 3 aromatic rings. The molecule has 5 nitrogen and oxygen atoms in total. The molecular weight excluding hydrogens is 347 g/mol. The van der Waals surface area contributed by atoms with E-state index in [0.717, 1.165) is 5.56 Å². The van der Waals surface area contributed by atoms with Crippen LogP contribution in [0.1, 0.15) is 16.8 Å². The molecule has 1 aromatic carbocycles. The molecule has 0 spiro atoms. The van der Waals surface area contributed by atoms with E-state index in [0.29, 0.717) is 11.3 Å². The largest absolute Gasteiger partial charge is 0.459 e. The summed E-state index contributed by atoms with van der Waals surface area (Å²) >= 11 is 5.89. The number of rotatable bonds is 4. The van der Waals surface area contributed by atoms with Gasteiger partial charge in [-0.1, -0.05) is 17.7 Å². The summed E-state index contributed by atoms with van der Waals surface area (Å²) in [5.41, 5.74) is 1.55. The molecule has 128 valence electrons. The van der Waals surface area contributed by atoms with Crippen LogP contribution in [0.3, 0.4) is 0 Å². The molecule has 7 heteroatoms. The first kappa shape index (κ1) is 17.1. The number of pyridine rings is 1. The third-order valence-corrected chi connectivity index (χ3v) is 3.99. The monoisotopic (exact) mass is 360 g/mol. The van der Waals surface area contributed by atoms with Crippen LogP contribution < -0.4 is 5.56 Å². The second-order valence-electron chi connectivity index (χ2n) is 5.56. The van der Waals surface area contributed by atoms with E-state index in [9.17, 15) is 14.0 Å². The van der Waals surface area contributed by atoms with Crippen molar-refractivity contribution >= 4 is 23.2 Å². The molecule has 0 aliphatic heterocycles. The maximum Gasteiger partial charge on any atom is 0.310 e. The highest BCUT2D eigenvalue weighted by Gasteiger charge is 2.13. The van der Waals surface area contributed by atoms with Gasteiger partial charge in [-0.3, -0.25) is 14.0 Å². The predicted octanol–water partition coefficient (Wildman–Crippen LogP) is 3.08. The number of carbonyl (C=O) groups excluding carboxylic acids is 1. The average molecular weight is 361 g/mol. The maximum atomic E-state index is 13.7. The summed E-state index contributed by atoms with van der Waals surface area (Å²) in [6.07, 6.45) is 1.34. The number of fused-ring (bicyclic) bond motifs is 1. The van der Waals surface area contributed by atoms with E-state index in [1.807, 2.05) is 6.92 Å². The SMILES string of the molecule is Cc1ccn2c(=O)cc(COC(=O)Cc3c(F)cccc3Cl)nc2c1. The fourth-order valence-corrected chi connectivity index (χ4v) is 2.61.